The number of carbonyl (C=O) groups excluding carboxylic acids is 2. The summed E-state index contributed by atoms with van der Waals surface area (Å²) in [6, 6.07) is 16.9. The lowest BCUT2D eigenvalue weighted by Gasteiger charge is -2.32. The molecule has 0 radical (unpaired) electrons. The van der Waals surface area contributed by atoms with Gasteiger partial charge in [0.05, 0.1) is 18.6 Å². The van der Waals surface area contributed by atoms with E-state index in [1.807, 2.05) is 53.4 Å². The third kappa shape index (κ3) is 5.50. The number of nitrogens with zero attached hydrogens (tertiary/aromatic N) is 1. The molecule has 0 bridgehead atoms. The number of thiol groups is 1. The third-order valence-electron chi connectivity index (χ3n) is 4.62. The molecule has 1 heterocycles. The number of ether oxygens (including phenoxy) is 1. The molecule has 1 fully saturated rings. The average molecular weight is 385 g/mol. The van der Waals surface area contributed by atoms with Crippen LogP contribution in [-0.2, 0) is 4.79 Å². The number of hydrogen-bond donors (Lipinski definition) is 2. The Hall–Kier alpha value is -2.47. The van der Waals surface area contributed by atoms with Crippen LogP contribution in [0.25, 0.3) is 0 Å². The molecule has 1 aliphatic heterocycles. The monoisotopic (exact) mass is 384 g/mol. The number of rotatable bonds is 6. The van der Waals surface area contributed by atoms with Gasteiger partial charge < -0.3 is 15.0 Å². The number of carbonyl (C=O) groups is 2. The number of amides is 2. The Bertz CT molecular complexity index is 774. The highest BCUT2D eigenvalue weighted by atomic mass is 32.1. The summed E-state index contributed by atoms with van der Waals surface area (Å²) in [5.41, 5.74) is 0.626. The maximum atomic E-state index is 12.6. The Labute approximate surface area is 165 Å². The molecule has 3 rings (SSSR count). The molecule has 0 atom stereocenters. The first-order valence-corrected chi connectivity index (χ1v) is 9.62. The number of piperidine rings is 1. The van der Waals surface area contributed by atoms with Gasteiger partial charge in [0.2, 0.25) is 5.91 Å². The van der Waals surface area contributed by atoms with Gasteiger partial charge in [-0.3, -0.25) is 9.59 Å². The van der Waals surface area contributed by atoms with Gasteiger partial charge in [0, 0.05) is 24.0 Å². The lowest BCUT2D eigenvalue weighted by Crippen LogP contribution is -2.46. The van der Waals surface area contributed by atoms with Crippen molar-refractivity contribution >= 4 is 24.4 Å². The fourth-order valence-electron chi connectivity index (χ4n) is 3.13. The minimum absolute atomic E-state index is 0.00152. The Morgan fingerprint density at radius 1 is 1.04 bits per heavy atom. The highest BCUT2D eigenvalue weighted by Crippen LogP contribution is 2.19. The lowest BCUT2D eigenvalue weighted by atomic mass is 10.0. The first-order chi connectivity index (χ1) is 13.1. The van der Waals surface area contributed by atoms with E-state index in [0.29, 0.717) is 36.6 Å². The molecular weight excluding hydrogens is 360 g/mol. The summed E-state index contributed by atoms with van der Waals surface area (Å²) in [4.78, 5) is 27.2. The smallest absolute Gasteiger partial charge is 0.254 e. The minimum Gasteiger partial charge on any atom is -0.493 e. The predicted octanol–water partition coefficient (Wildman–Crippen LogP) is 3.17. The normalized spacial score (nSPS) is 14.6. The van der Waals surface area contributed by atoms with Crippen molar-refractivity contribution in [1.29, 1.82) is 0 Å². The Morgan fingerprint density at radius 3 is 2.41 bits per heavy atom. The van der Waals surface area contributed by atoms with Crippen LogP contribution in [0, 0.1) is 0 Å². The van der Waals surface area contributed by atoms with Gasteiger partial charge in [0.1, 0.15) is 5.75 Å². The standard InChI is InChI=1S/C21H24N2O3S/c24-20(12-15-26-17-6-2-1-3-7-17)22-16-10-13-23(14-11-16)21(25)18-8-4-5-9-19(18)27/h1-9,16,27H,10-15H2,(H,22,24). The molecule has 0 aromatic heterocycles. The molecule has 0 aliphatic carbocycles. The van der Waals surface area contributed by atoms with Gasteiger partial charge in [0.25, 0.3) is 5.91 Å². The number of hydrogen-bond acceptors (Lipinski definition) is 4. The maximum Gasteiger partial charge on any atom is 0.254 e. The second-order valence-electron chi connectivity index (χ2n) is 6.56. The van der Waals surface area contributed by atoms with Gasteiger partial charge in [-0.1, -0.05) is 30.3 Å². The third-order valence-corrected chi connectivity index (χ3v) is 5.01. The van der Waals surface area contributed by atoms with E-state index in [1.54, 1.807) is 6.07 Å². The van der Waals surface area contributed by atoms with Crippen molar-refractivity contribution in [2.24, 2.45) is 0 Å². The van der Waals surface area contributed by atoms with Crippen molar-refractivity contribution < 1.29 is 14.3 Å². The zero-order valence-corrected chi connectivity index (χ0v) is 16.0. The molecule has 0 spiro atoms. The van der Waals surface area contributed by atoms with Crippen LogP contribution in [0.1, 0.15) is 29.6 Å². The number of benzene rings is 2. The molecule has 0 saturated carbocycles. The highest BCUT2D eigenvalue weighted by Gasteiger charge is 2.25. The van der Waals surface area contributed by atoms with Gasteiger partial charge in [0.15, 0.2) is 0 Å². The zero-order chi connectivity index (χ0) is 19.1. The minimum atomic E-state index is -0.0172. The SMILES string of the molecule is O=C(CCOc1ccccc1)NC1CCN(C(=O)c2ccccc2S)CC1. The van der Waals surface area contributed by atoms with Gasteiger partial charge in [-0.2, -0.15) is 0 Å². The second kappa shape index (κ2) is 9.46. The number of likely N-dealkylation sites (tertiary alicyclic amines) is 1. The van der Waals surface area contributed by atoms with Gasteiger partial charge in [-0.25, -0.2) is 0 Å². The van der Waals surface area contributed by atoms with E-state index in [0.717, 1.165) is 18.6 Å². The molecule has 1 aliphatic rings. The Kier molecular flexibility index (Phi) is 6.76. The fraction of sp³-hybridized carbons (Fsp3) is 0.333. The second-order valence-corrected chi connectivity index (χ2v) is 7.04. The van der Waals surface area contributed by atoms with Crippen LogP contribution in [-0.4, -0.2) is 42.5 Å². The number of nitrogens with one attached hydrogen (secondary N) is 1. The molecular formula is C21H24N2O3S. The van der Waals surface area contributed by atoms with E-state index in [2.05, 4.69) is 17.9 Å². The largest absolute Gasteiger partial charge is 0.493 e. The summed E-state index contributed by atoms with van der Waals surface area (Å²) < 4.78 is 5.55. The van der Waals surface area contributed by atoms with Crippen molar-refractivity contribution in [3.05, 3.63) is 60.2 Å². The average Bonchev–Trinajstić information content (AvgIpc) is 2.69. The van der Waals surface area contributed by atoms with E-state index < -0.39 is 0 Å². The summed E-state index contributed by atoms with van der Waals surface area (Å²) in [6.45, 7) is 1.62. The Morgan fingerprint density at radius 2 is 1.70 bits per heavy atom. The molecule has 0 unspecified atom stereocenters. The van der Waals surface area contributed by atoms with E-state index in [1.165, 1.54) is 0 Å². The van der Waals surface area contributed by atoms with Crippen molar-refractivity contribution in [3.8, 4) is 5.75 Å². The van der Waals surface area contributed by atoms with Crippen molar-refractivity contribution in [2.75, 3.05) is 19.7 Å². The van der Waals surface area contributed by atoms with Crippen LogP contribution in [0.5, 0.6) is 5.75 Å². The lowest BCUT2D eigenvalue weighted by molar-refractivity contribution is -0.122. The number of para-hydroxylation sites is 1. The van der Waals surface area contributed by atoms with Crippen LogP contribution < -0.4 is 10.1 Å². The van der Waals surface area contributed by atoms with Gasteiger partial charge in [-0.05, 0) is 37.1 Å². The van der Waals surface area contributed by atoms with Crippen LogP contribution >= 0.6 is 12.6 Å². The zero-order valence-electron chi connectivity index (χ0n) is 15.1. The van der Waals surface area contributed by atoms with Crippen LogP contribution in [0.15, 0.2) is 59.5 Å². The van der Waals surface area contributed by atoms with Gasteiger partial charge in [-0.15, -0.1) is 12.6 Å². The maximum absolute atomic E-state index is 12.6. The molecule has 6 heteroatoms. The quantitative estimate of drug-likeness (QED) is 0.752. The molecule has 1 N–H and O–H groups in total. The predicted molar refractivity (Wildman–Crippen MR) is 107 cm³/mol. The summed E-state index contributed by atoms with van der Waals surface area (Å²) in [5, 5.41) is 3.04. The summed E-state index contributed by atoms with van der Waals surface area (Å²) in [7, 11) is 0. The first kappa shape index (κ1) is 19.3. The van der Waals surface area contributed by atoms with Crippen molar-refractivity contribution in [2.45, 2.75) is 30.2 Å². The van der Waals surface area contributed by atoms with E-state index in [4.69, 9.17) is 4.74 Å². The van der Waals surface area contributed by atoms with E-state index >= 15 is 0 Å². The van der Waals surface area contributed by atoms with Crippen LogP contribution in [0.3, 0.4) is 0 Å². The van der Waals surface area contributed by atoms with Crippen molar-refractivity contribution in [1.82, 2.24) is 10.2 Å². The Balaban J connectivity index is 1.39. The molecule has 5 nitrogen and oxygen atoms in total. The highest BCUT2D eigenvalue weighted by molar-refractivity contribution is 7.80. The first-order valence-electron chi connectivity index (χ1n) is 9.18. The molecule has 2 aromatic carbocycles. The summed E-state index contributed by atoms with van der Waals surface area (Å²) in [5.74, 6) is 0.750. The molecule has 27 heavy (non-hydrogen) atoms. The fourth-order valence-corrected chi connectivity index (χ4v) is 3.39. The van der Waals surface area contributed by atoms with Crippen molar-refractivity contribution in [3.63, 3.8) is 0 Å². The summed E-state index contributed by atoms with van der Waals surface area (Å²) >= 11 is 4.36. The summed E-state index contributed by atoms with van der Waals surface area (Å²) in [6.07, 6.45) is 1.83. The molecule has 1 saturated heterocycles. The van der Waals surface area contributed by atoms with Gasteiger partial charge >= 0.3 is 0 Å². The molecule has 142 valence electrons. The van der Waals surface area contributed by atoms with E-state index in [-0.39, 0.29) is 17.9 Å². The van der Waals surface area contributed by atoms with E-state index in [9.17, 15) is 9.59 Å². The molecule has 2 aromatic rings. The molecule has 2 amide bonds. The van der Waals surface area contributed by atoms with Crippen LogP contribution in [0.4, 0.5) is 0 Å². The topological polar surface area (TPSA) is 58.6 Å². The van der Waals surface area contributed by atoms with Crippen LogP contribution in [0.2, 0.25) is 0 Å².